The maximum absolute atomic E-state index is 13.1. The maximum atomic E-state index is 13.1. The van der Waals surface area contributed by atoms with E-state index in [2.05, 4.69) is 34.9 Å². The van der Waals surface area contributed by atoms with E-state index in [1.807, 2.05) is 30.3 Å². The monoisotopic (exact) mass is 787 g/mol. The summed E-state index contributed by atoms with van der Waals surface area (Å²) < 4.78 is 36.4. The van der Waals surface area contributed by atoms with Crippen LogP contribution in [0.1, 0.15) is 42.4 Å². The van der Waals surface area contributed by atoms with E-state index in [1.54, 1.807) is 14.2 Å². The van der Waals surface area contributed by atoms with E-state index < -0.39 is 43.4 Å². The molecule has 2 aromatic carbocycles. The summed E-state index contributed by atoms with van der Waals surface area (Å²) in [6.07, 6.45) is 3.61. The molecule has 0 unspecified atom stereocenters. The van der Waals surface area contributed by atoms with Gasteiger partial charge in [-0.05, 0) is 42.4 Å². The van der Waals surface area contributed by atoms with Crippen LogP contribution in [0.5, 0.6) is 0 Å². The number of ketones is 1. The molecule has 3 amide bonds. The molecular formula is C41H61N3O12. The lowest BCUT2D eigenvalue weighted by Gasteiger charge is -2.22. The molecule has 0 aliphatic carbocycles. The van der Waals surface area contributed by atoms with Crippen molar-refractivity contribution in [2.45, 2.75) is 44.9 Å². The Morgan fingerprint density at radius 1 is 0.554 bits per heavy atom. The Morgan fingerprint density at radius 2 is 1.02 bits per heavy atom. The molecule has 2 rings (SSSR count). The zero-order valence-corrected chi connectivity index (χ0v) is 33.1. The van der Waals surface area contributed by atoms with Gasteiger partial charge in [-0.2, -0.15) is 0 Å². The highest BCUT2D eigenvalue weighted by Gasteiger charge is 2.21. The lowest BCUT2D eigenvalue weighted by atomic mass is 10.0. The number of nitrogens with one attached hydrogen (secondary N) is 2. The third kappa shape index (κ3) is 25.0. The number of ether oxygens (including phenoxy) is 7. The zero-order valence-electron chi connectivity index (χ0n) is 33.1. The minimum atomic E-state index is -0.738. The summed E-state index contributed by atoms with van der Waals surface area (Å²) >= 11 is 0. The van der Waals surface area contributed by atoms with Crippen molar-refractivity contribution in [3.8, 4) is 0 Å². The van der Waals surface area contributed by atoms with E-state index in [0.717, 1.165) is 36.1 Å². The van der Waals surface area contributed by atoms with Crippen LogP contribution in [0.4, 0.5) is 0 Å². The lowest BCUT2D eigenvalue weighted by molar-refractivity contribution is -0.149. The summed E-state index contributed by atoms with van der Waals surface area (Å²) in [5, 5.41) is 5.31. The summed E-state index contributed by atoms with van der Waals surface area (Å²) in [6, 6.07) is 18.2. The Balaban J connectivity index is 1.73. The number of Topliss-reactive ketones (excluding diaryl/α,β-unsaturated/α-hetero) is 1. The second-order valence-electron chi connectivity index (χ2n) is 12.8. The second-order valence-corrected chi connectivity index (χ2v) is 12.8. The Kier molecular flexibility index (Phi) is 27.3. The third-order valence-corrected chi connectivity index (χ3v) is 8.15. The normalized spacial score (nSPS) is 10.9. The number of rotatable bonds is 34. The van der Waals surface area contributed by atoms with E-state index >= 15 is 0 Å². The third-order valence-electron chi connectivity index (χ3n) is 8.15. The van der Waals surface area contributed by atoms with Gasteiger partial charge in [0.1, 0.15) is 19.7 Å². The van der Waals surface area contributed by atoms with Crippen LogP contribution in [-0.4, -0.2) is 147 Å². The molecule has 0 spiro atoms. The first-order valence-electron chi connectivity index (χ1n) is 19.2. The topological polar surface area (TPSA) is 177 Å². The molecule has 312 valence electrons. The summed E-state index contributed by atoms with van der Waals surface area (Å²) in [4.78, 5) is 64.5. The highest BCUT2D eigenvalue weighted by Crippen LogP contribution is 2.12. The van der Waals surface area contributed by atoms with Crippen molar-refractivity contribution in [2.75, 3.05) is 113 Å². The van der Waals surface area contributed by atoms with Crippen LogP contribution in [0, 0.1) is 0 Å². The molecule has 56 heavy (non-hydrogen) atoms. The van der Waals surface area contributed by atoms with Crippen molar-refractivity contribution in [1.29, 1.82) is 0 Å². The molecule has 0 aromatic heterocycles. The molecule has 15 nitrogen and oxygen atoms in total. The van der Waals surface area contributed by atoms with Crippen LogP contribution in [0.3, 0.4) is 0 Å². The molecule has 0 atom stereocenters. The molecular weight excluding hydrogens is 726 g/mol. The van der Waals surface area contributed by atoms with Crippen LogP contribution in [0.2, 0.25) is 0 Å². The van der Waals surface area contributed by atoms with Crippen molar-refractivity contribution >= 4 is 29.5 Å². The van der Waals surface area contributed by atoms with Crippen LogP contribution >= 0.6 is 0 Å². The van der Waals surface area contributed by atoms with E-state index in [9.17, 15) is 24.0 Å². The van der Waals surface area contributed by atoms with Crippen molar-refractivity contribution in [1.82, 2.24) is 15.5 Å². The SMILES string of the molecule is COCCOCCOCCNC(=O)CN(CC(=O)NCCOCCOCCOC)C(=O)CCC(=O)OCC(=O)Cc1ccc(CCCCc2ccccc2)cc1. The van der Waals surface area contributed by atoms with Gasteiger partial charge in [0.2, 0.25) is 17.7 Å². The first kappa shape index (κ1) is 47.9. The predicted octanol–water partition coefficient (Wildman–Crippen LogP) is 2.11. The largest absolute Gasteiger partial charge is 0.458 e. The molecule has 2 N–H and O–H groups in total. The standard InChI is InChI=1S/C41H61N3O12/c1-50-22-24-54-28-26-52-20-18-42-38(46)31-44(32-39(47)43-19-21-53-27-29-55-25-23-51-2)40(48)16-17-41(49)56-33-37(45)30-36-14-12-35(13-15-36)11-7-6-10-34-8-4-3-5-9-34/h3-5,8-9,12-15H,6-7,10-11,16-33H2,1-2H3,(H,42,46)(H,43,47). The van der Waals surface area contributed by atoms with Gasteiger partial charge in [0.15, 0.2) is 5.78 Å². The number of carbonyl (C=O) groups excluding carboxylic acids is 5. The lowest BCUT2D eigenvalue weighted by Crippen LogP contribution is -2.46. The van der Waals surface area contributed by atoms with Crippen molar-refractivity contribution in [3.05, 3.63) is 71.3 Å². The number of hydrogen-bond donors (Lipinski definition) is 2. The Bertz CT molecular complexity index is 1340. The summed E-state index contributed by atoms with van der Waals surface area (Å²) in [6.45, 7) is 2.83. The molecule has 0 aliphatic rings. The zero-order chi connectivity index (χ0) is 40.5. The van der Waals surface area contributed by atoms with Crippen LogP contribution in [0.25, 0.3) is 0 Å². The number of carbonyl (C=O) groups is 5. The maximum Gasteiger partial charge on any atom is 0.306 e. The average Bonchev–Trinajstić information content (AvgIpc) is 3.20. The van der Waals surface area contributed by atoms with Gasteiger partial charge in [-0.25, -0.2) is 0 Å². The van der Waals surface area contributed by atoms with Gasteiger partial charge in [-0.1, -0.05) is 54.6 Å². The summed E-state index contributed by atoms with van der Waals surface area (Å²) in [7, 11) is 3.17. The van der Waals surface area contributed by atoms with Gasteiger partial charge in [-0.3, -0.25) is 24.0 Å². The van der Waals surface area contributed by atoms with Crippen LogP contribution in [-0.2, 0) is 76.4 Å². The number of benzene rings is 2. The van der Waals surface area contributed by atoms with E-state index in [-0.39, 0.29) is 51.3 Å². The minimum absolute atomic E-state index is 0.110. The Morgan fingerprint density at radius 3 is 1.54 bits per heavy atom. The number of nitrogens with zero attached hydrogens (tertiary/aromatic N) is 1. The molecule has 2 aromatic rings. The second kappa shape index (κ2) is 31.9. The van der Waals surface area contributed by atoms with E-state index in [1.165, 1.54) is 11.1 Å². The molecule has 0 saturated heterocycles. The van der Waals surface area contributed by atoms with Crippen LogP contribution in [0.15, 0.2) is 54.6 Å². The highest BCUT2D eigenvalue weighted by molar-refractivity contribution is 5.90. The highest BCUT2D eigenvalue weighted by atomic mass is 16.5. The molecule has 0 fully saturated rings. The molecule has 0 heterocycles. The van der Waals surface area contributed by atoms with Gasteiger partial charge in [0.25, 0.3) is 0 Å². The summed E-state index contributed by atoms with van der Waals surface area (Å²) in [5.74, 6) is -2.63. The fraction of sp³-hybridized carbons (Fsp3) is 0.585. The number of unbranched alkanes of at least 4 members (excludes halogenated alkanes) is 1. The average molecular weight is 788 g/mol. The van der Waals surface area contributed by atoms with Crippen molar-refractivity contribution in [2.24, 2.45) is 0 Å². The number of aryl methyl sites for hydroxylation is 2. The number of hydrogen-bond acceptors (Lipinski definition) is 12. The molecule has 0 radical (unpaired) electrons. The van der Waals surface area contributed by atoms with Gasteiger partial charge in [0.05, 0.1) is 72.5 Å². The number of methoxy groups -OCH3 is 2. The van der Waals surface area contributed by atoms with Gasteiger partial charge in [0, 0.05) is 40.2 Å². The van der Waals surface area contributed by atoms with Gasteiger partial charge < -0.3 is 48.7 Å². The fourth-order valence-corrected chi connectivity index (χ4v) is 5.15. The first-order chi connectivity index (χ1) is 27.3. The van der Waals surface area contributed by atoms with Crippen molar-refractivity contribution in [3.63, 3.8) is 0 Å². The molecule has 0 aliphatic heterocycles. The summed E-state index contributed by atoms with van der Waals surface area (Å²) in [5.41, 5.74) is 3.35. The number of esters is 1. The predicted molar refractivity (Wildman–Crippen MR) is 208 cm³/mol. The fourth-order valence-electron chi connectivity index (χ4n) is 5.15. The minimum Gasteiger partial charge on any atom is -0.458 e. The molecule has 0 bridgehead atoms. The Hall–Kier alpha value is -4.25. The van der Waals surface area contributed by atoms with E-state index in [0.29, 0.717) is 52.9 Å². The van der Waals surface area contributed by atoms with Crippen LogP contribution < -0.4 is 10.6 Å². The van der Waals surface area contributed by atoms with E-state index in [4.69, 9.17) is 33.2 Å². The van der Waals surface area contributed by atoms with Gasteiger partial charge >= 0.3 is 5.97 Å². The molecule has 15 heteroatoms. The molecule has 0 saturated carbocycles. The smallest absolute Gasteiger partial charge is 0.306 e. The first-order valence-corrected chi connectivity index (χ1v) is 19.2. The van der Waals surface area contributed by atoms with Crippen molar-refractivity contribution < 1.29 is 57.1 Å². The Labute approximate surface area is 331 Å². The van der Waals surface area contributed by atoms with Gasteiger partial charge in [-0.15, -0.1) is 0 Å². The number of amides is 3. The quantitative estimate of drug-likeness (QED) is 0.0782.